The van der Waals surface area contributed by atoms with Crippen molar-refractivity contribution < 1.29 is 4.79 Å². The van der Waals surface area contributed by atoms with E-state index >= 15 is 0 Å². The third-order valence-corrected chi connectivity index (χ3v) is 3.30. The molecule has 1 unspecified atom stereocenters. The third kappa shape index (κ3) is 2.66. The van der Waals surface area contributed by atoms with Crippen LogP contribution < -0.4 is 5.32 Å². The molecule has 0 aliphatic carbocycles. The highest BCUT2D eigenvalue weighted by molar-refractivity contribution is 5.76. The summed E-state index contributed by atoms with van der Waals surface area (Å²) in [5, 5.41) is 3.31. The molecule has 1 amide bonds. The first-order valence-electron chi connectivity index (χ1n) is 6.17. The SMILES string of the molecule is CCNCc1cncn1C1CCC(=O)N(C)C1. The molecular weight excluding hydrogens is 216 g/mol. The standard InChI is InChI=1S/C12H20N4O/c1-3-13-6-11-7-14-9-16(11)10-4-5-12(17)15(2)8-10/h7,9-10,13H,3-6,8H2,1-2H3. The van der Waals surface area contributed by atoms with Gasteiger partial charge in [-0.05, 0) is 13.0 Å². The van der Waals surface area contributed by atoms with Gasteiger partial charge in [-0.2, -0.15) is 0 Å². The number of carbonyl (C=O) groups excluding carboxylic acids is 1. The van der Waals surface area contributed by atoms with Gasteiger partial charge in [0, 0.05) is 32.8 Å². The molecule has 1 atom stereocenters. The fourth-order valence-electron chi connectivity index (χ4n) is 2.27. The summed E-state index contributed by atoms with van der Waals surface area (Å²) < 4.78 is 2.20. The zero-order valence-electron chi connectivity index (χ0n) is 10.5. The molecule has 0 aromatic carbocycles. The molecule has 1 aromatic heterocycles. The summed E-state index contributed by atoms with van der Waals surface area (Å²) in [4.78, 5) is 17.5. The van der Waals surface area contributed by atoms with Gasteiger partial charge in [-0.25, -0.2) is 4.98 Å². The molecule has 17 heavy (non-hydrogen) atoms. The van der Waals surface area contributed by atoms with Crippen molar-refractivity contribution in [1.29, 1.82) is 0 Å². The Balaban J connectivity index is 2.06. The molecule has 0 spiro atoms. The third-order valence-electron chi connectivity index (χ3n) is 3.30. The van der Waals surface area contributed by atoms with Gasteiger partial charge in [-0.3, -0.25) is 4.79 Å². The number of hydrogen-bond acceptors (Lipinski definition) is 3. The first-order chi connectivity index (χ1) is 8.22. The molecule has 1 N–H and O–H groups in total. The minimum atomic E-state index is 0.245. The molecule has 0 bridgehead atoms. The van der Waals surface area contributed by atoms with Gasteiger partial charge in [0.25, 0.3) is 0 Å². The average Bonchev–Trinajstić information content (AvgIpc) is 2.78. The van der Waals surface area contributed by atoms with E-state index in [-0.39, 0.29) is 5.91 Å². The van der Waals surface area contributed by atoms with Crippen LogP contribution in [0.25, 0.3) is 0 Å². The number of imidazole rings is 1. The number of aromatic nitrogens is 2. The summed E-state index contributed by atoms with van der Waals surface area (Å²) in [6.07, 6.45) is 5.33. The molecule has 1 fully saturated rings. The van der Waals surface area contributed by atoms with Gasteiger partial charge in [0.15, 0.2) is 0 Å². The number of nitrogens with zero attached hydrogens (tertiary/aromatic N) is 3. The normalized spacial score (nSPS) is 20.9. The number of likely N-dealkylation sites (N-methyl/N-ethyl adjacent to an activating group) is 1. The van der Waals surface area contributed by atoms with Crippen LogP contribution in [0.4, 0.5) is 0 Å². The van der Waals surface area contributed by atoms with Crippen LogP contribution in [-0.4, -0.2) is 40.5 Å². The molecule has 94 valence electrons. The van der Waals surface area contributed by atoms with Crippen LogP contribution in [0, 0.1) is 0 Å². The Hall–Kier alpha value is -1.36. The molecule has 1 aliphatic rings. The lowest BCUT2D eigenvalue weighted by molar-refractivity contribution is -0.132. The number of hydrogen-bond donors (Lipinski definition) is 1. The highest BCUT2D eigenvalue weighted by Gasteiger charge is 2.24. The van der Waals surface area contributed by atoms with E-state index in [9.17, 15) is 4.79 Å². The van der Waals surface area contributed by atoms with Crippen molar-refractivity contribution in [3.05, 3.63) is 18.2 Å². The van der Waals surface area contributed by atoms with Crippen LogP contribution in [0.1, 0.15) is 31.5 Å². The van der Waals surface area contributed by atoms with Crippen molar-refractivity contribution in [2.24, 2.45) is 0 Å². The molecule has 2 rings (SSSR count). The van der Waals surface area contributed by atoms with Gasteiger partial charge in [-0.1, -0.05) is 6.92 Å². The summed E-state index contributed by atoms with van der Waals surface area (Å²) in [5.74, 6) is 0.245. The lowest BCUT2D eigenvalue weighted by Gasteiger charge is -2.31. The van der Waals surface area contributed by atoms with E-state index in [1.807, 2.05) is 24.5 Å². The van der Waals surface area contributed by atoms with Crippen LogP contribution in [-0.2, 0) is 11.3 Å². The quantitative estimate of drug-likeness (QED) is 0.840. The number of amides is 1. The average molecular weight is 236 g/mol. The van der Waals surface area contributed by atoms with E-state index in [0.717, 1.165) is 26.1 Å². The molecule has 0 radical (unpaired) electrons. The van der Waals surface area contributed by atoms with Gasteiger partial charge < -0.3 is 14.8 Å². The minimum absolute atomic E-state index is 0.245. The number of carbonyl (C=O) groups is 1. The van der Waals surface area contributed by atoms with E-state index in [1.54, 1.807) is 0 Å². The molecule has 1 aromatic rings. The second-order valence-electron chi connectivity index (χ2n) is 4.54. The molecule has 5 nitrogen and oxygen atoms in total. The first kappa shape index (κ1) is 12.1. The van der Waals surface area contributed by atoms with Crippen LogP contribution in [0.5, 0.6) is 0 Å². The Morgan fingerprint density at radius 3 is 3.12 bits per heavy atom. The molecule has 2 heterocycles. The summed E-state index contributed by atoms with van der Waals surface area (Å²) in [5.41, 5.74) is 1.19. The fourth-order valence-corrected chi connectivity index (χ4v) is 2.27. The van der Waals surface area contributed by atoms with Gasteiger partial charge in [0.05, 0.1) is 18.1 Å². The highest BCUT2D eigenvalue weighted by atomic mass is 16.2. The minimum Gasteiger partial charge on any atom is -0.344 e. The maximum Gasteiger partial charge on any atom is 0.222 e. The number of nitrogens with one attached hydrogen (secondary N) is 1. The summed E-state index contributed by atoms with van der Waals surface area (Å²) in [6, 6.07) is 0.369. The maximum atomic E-state index is 11.5. The summed E-state index contributed by atoms with van der Waals surface area (Å²) in [7, 11) is 1.87. The van der Waals surface area contributed by atoms with Crippen LogP contribution in [0.15, 0.2) is 12.5 Å². The van der Waals surface area contributed by atoms with Crippen molar-refractivity contribution in [3.8, 4) is 0 Å². The first-order valence-corrected chi connectivity index (χ1v) is 6.17. The van der Waals surface area contributed by atoms with E-state index in [1.165, 1.54) is 5.69 Å². The smallest absolute Gasteiger partial charge is 0.222 e. The van der Waals surface area contributed by atoms with E-state index < -0.39 is 0 Å². The maximum absolute atomic E-state index is 11.5. The Kier molecular flexibility index (Phi) is 3.78. The molecule has 0 saturated carbocycles. The number of piperidine rings is 1. The van der Waals surface area contributed by atoms with Crippen molar-refractivity contribution in [2.75, 3.05) is 20.1 Å². The topological polar surface area (TPSA) is 50.2 Å². The van der Waals surface area contributed by atoms with Crippen molar-refractivity contribution >= 4 is 5.91 Å². The van der Waals surface area contributed by atoms with E-state index in [4.69, 9.17) is 0 Å². The van der Waals surface area contributed by atoms with E-state index in [2.05, 4.69) is 21.8 Å². The summed E-state index contributed by atoms with van der Waals surface area (Å²) >= 11 is 0. The van der Waals surface area contributed by atoms with Gasteiger partial charge in [0.1, 0.15) is 0 Å². The van der Waals surface area contributed by atoms with Gasteiger partial charge in [-0.15, -0.1) is 0 Å². The largest absolute Gasteiger partial charge is 0.344 e. The van der Waals surface area contributed by atoms with Crippen molar-refractivity contribution in [2.45, 2.75) is 32.4 Å². The lowest BCUT2D eigenvalue weighted by Crippen LogP contribution is -2.38. The molecule has 1 saturated heterocycles. The highest BCUT2D eigenvalue weighted by Crippen LogP contribution is 2.22. The second kappa shape index (κ2) is 5.31. The molecule has 5 heteroatoms. The number of rotatable bonds is 4. The Bertz CT molecular complexity index is 388. The van der Waals surface area contributed by atoms with Crippen LogP contribution in [0.3, 0.4) is 0 Å². The van der Waals surface area contributed by atoms with Gasteiger partial charge >= 0.3 is 0 Å². The lowest BCUT2D eigenvalue weighted by atomic mass is 10.1. The van der Waals surface area contributed by atoms with Gasteiger partial charge in [0.2, 0.25) is 5.91 Å². The van der Waals surface area contributed by atoms with Crippen molar-refractivity contribution in [1.82, 2.24) is 19.8 Å². The number of likely N-dealkylation sites (tertiary alicyclic amines) is 1. The zero-order valence-corrected chi connectivity index (χ0v) is 10.5. The Morgan fingerprint density at radius 1 is 1.59 bits per heavy atom. The molecular formula is C12H20N4O. The fraction of sp³-hybridized carbons (Fsp3) is 0.667. The van der Waals surface area contributed by atoms with Crippen LogP contribution >= 0.6 is 0 Å². The van der Waals surface area contributed by atoms with Crippen molar-refractivity contribution in [3.63, 3.8) is 0 Å². The van der Waals surface area contributed by atoms with E-state index in [0.29, 0.717) is 12.5 Å². The Labute approximate surface area is 102 Å². The Morgan fingerprint density at radius 2 is 2.41 bits per heavy atom. The predicted molar refractivity (Wildman–Crippen MR) is 65.5 cm³/mol. The second-order valence-corrected chi connectivity index (χ2v) is 4.54. The molecule has 1 aliphatic heterocycles. The van der Waals surface area contributed by atoms with Crippen LogP contribution in [0.2, 0.25) is 0 Å². The zero-order chi connectivity index (χ0) is 12.3. The predicted octanol–water partition coefficient (Wildman–Crippen LogP) is 0.786. The monoisotopic (exact) mass is 236 g/mol. The summed E-state index contributed by atoms with van der Waals surface area (Å²) in [6.45, 7) is 4.67.